The molecule has 2 heterocycles. The van der Waals surface area contributed by atoms with E-state index in [-0.39, 0.29) is 5.41 Å². The van der Waals surface area contributed by atoms with Crippen LogP contribution >= 0.6 is 0 Å². The van der Waals surface area contributed by atoms with Gasteiger partial charge < -0.3 is 4.57 Å². The summed E-state index contributed by atoms with van der Waals surface area (Å²) in [5.41, 5.74) is 12.8. The number of para-hydroxylation sites is 2. The number of benzene rings is 7. The van der Waals surface area contributed by atoms with Crippen molar-refractivity contribution in [2.75, 3.05) is 0 Å². The molecule has 1 aliphatic rings. The lowest BCUT2D eigenvalue weighted by atomic mass is 9.82. The van der Waals surface area contributed by atoms with Crippen LogP contribution in [0.3, 0.4) is 0 Å². The average Bonchev–Trinajstić information content (AvgIpc) is 3.58. The summed E-state index contributed by atoms with van der Waals surface area (Å²) in [6.45, 7) is 4.74. The zero-order chi connectivity index (χ0) is 32.0. The third-order valence-electron chi connectivity index (χ3n) is 10.4. The molecule has 0 spiro atoms. The van der Waals surface area contributed by atoms with E-state index in [2.05, 4.69) is 158 Å². The van der Waals surface area contributed by atoms with Gasteiger partial charge in [-0.15, -0.1) is 0 Å². The molecule has 0 aliphatic heterocycles. The molecule has 0 saturated carbocycles. The second-order valence-corrected chi connectivity index (χ2v) is 13.4. The molecule has 0 saturated heterocycles. The molecule has 0 fully saturated rings. The standard InChI is InChI=1S/C45H31N3/c1-45(2)37-24-23-28-13-6-7-18-32(28)42(37)36-26-35-33-19-9-11-22-40(33)48(41(35)27-38(36)45)31-17-12-16-30(25-31)44-46-39-21-10-8-20-34(39)43(47-44)29-14-4-3-5-15-29/h3-27H,1-2H3. The number of rotatable bonds is 3. The van der Waals surface area contributed by atoms with Crippen LogP contribution < -0.4 is 0 Å². The van der Waals surface area contributed by atoms with E-state index in [0.29, 0.717) is 0 Å². The van der Waals surface area contributed by atoms with E-state index >= 15 is 0 Å². The molecule has 0 atom stereocenters. The minimum atomic E-state index is -0.126. The van der Waals surface area contributed by atoms with Crippen molar-refractivity contribution < 1.29 is 0 Å². The molecular weight excluding hydrogens is 583 g/mol. The fourth-order valence-corrected chi connectivity index (χ4v) is 8.05. The van der Waals surface area contributed by atoms with Gasteiger partial charge in [-0.3, -0.25) is 0 Å². The monoisotopic (exact) mass is 613 g/mol. The summed E-state index contributed by atoms with van der Waals surface area (Å²) in [6, 6.07) is 54.5. The topological polar surface area (TPSA) is 30.7 Å². The summed E-state index contributed by atoms with van der Waals surface area (Å²) in [7, 11) is 0. The molecule has 0 N–H and O–H groups in total. The number of fused-ring (bicyclic) bond motifs is 9. The molecule has 7 aromatic carbocycles. The van der Waals surface area contributed by atoms with Crippen LogP contribution in [0.25, 0.3) is 82.9 Å². The van der Waals surface area contributed by atoms with Crippen molar-refractivity contribution in [3.05, 3.63) is 163 Å². The van der Waals surface area contributed by atoms with Gasteiger partial charge in [-0.25, -0.2) is 9.97 Å². The molecule has 48 heavy (non-hydrogen) atoms. The van der Waals surface area contributed by atoms with Crippen molar-refractivity contribution in [2.45, 2.75) is 19.3 Å². The Labute approximate surface area is 278 Å². The van der Waals surface area contributed by atoms with E-state index in [9.17, 15) is 0 Å². The Balaban J connectivity index is 1.21. The minimum Gasteiger partial charge on any atom is -0.309 e. The maximum absolute atomic E-state index is 5.18. The van der Waals surface area contributed by atoms with Gasteiger partial charge in [0.2, 0.25) is 0 Å². The summed E-state index contributed by atoms with van der Waals surface area (Å²) < 4.78 is 2.42. The summed E-state index contributed by atoms with van der Waals surface area (Å²) in [5, 5.41) is 6.17. The molecule has 0 bridgehead atoms. The third kappa shape index (κ3) is 3.82. The maximum Gasteiger partial charge on any atom is 0.160 e. The lowest BCUT2D eigenvalue weighted by Gasteiger charge is -2.22. The Morgan fingerprint density at radius 1 is 0.500 bits per heavy atom. The highest BCUT2D eigenvalue weighted by Gasteiger charge is 2.37. The number of nitrogens with zero attached hydrogens (tertiary/aromatic N) is 3. The van der Waals surface area contributed by atoms with E-state index < -0.39 is 0 Å². The van der Waals surface area contributed by atoms with Crippen molar-refractivity contribution in [3.8, 4) is 39.5 Å². The van der Waals surface area contributed by atoms with E-state index in [4.69, 9.17) is 9.97 Å². The predicted octanol–water partition coefficient (Wildman–Crippen LogP) is 11.5. The summed E-state index contributed by atoms with van der Waals surface area (Å²) in [6.07, 6.45) is 0. The maximum atomic E-state index is 5.18. The van der Waals surface area contributed by atoms with Crippen LogP contribution in [0.5, 0.6) is 0 Å². The summed E-state index contributed by atoms with van der Waals surface area (Å²) in [4.78, 5) is 10.3. The fourth-order valence-electron chi connectivity index (χ4n) is 8.05. The van der Waals surface area contributed by atoms with Crippen molar-refractivity contribution in [2.24, 2.45) is 0 Å². The van der Waals surface area contributed by atoms with Crippen LogP contribution in [-0.4, -0.2) is 14.5 Å². The quantitative estimate of drug-likeness (QED) is 0.198. The first-order valence-electron chi connectivity index (χ1n) is 16.6. The van der Waals surface area contributed by atoms with Gasteiger partial charge in [0.05, 0.1) is 22.2 Å². The highest BCUT2D eigenvalue weighted by Crippen LogP contribution is 2.53. The number of hydrogen-bond acceptors (Lipinski definition) is 2. The molecule has 3 nitrogen and oxygen atoms in total. The first-order valence-corrected chi connectivity index (χ1v) is 16.6. The zero-order valence-electron chi connectivity index (χ0n) is 26.8. The van der Waals surface area contributed by atoms with Gasteiger partial charge in [-0.1, -0.05) is 129 Å². The van der Waals surface area contributed by atoms with Gasteiger partial charge in [-0.2, -0.15) is 0 Å². The molecular formula is C45H31N3. The molecule has 9 aromatic rings. The van der Waals surface area contributed by atoms with Crippen LogP contribution in [0, 0.1) is 0 Å². The van der Waals surface area contributed by atoms with Crippen molar-refractivity contribution in [3.63, 3.8) is 0 Å². The molecule has 2 aromatic heterocycles. The van der Waals surface area contributed by atoms with Crippen LogP contribution in [0.1, 0.15) is 25.0 Å². The molecule has 1 aliphatic carbocycles. The highest BCUT2D eigenvalue weighted by atomic mass is 15.0. The van der Waals surface area contributed by atoms with Crippen LogP contribution in [0.15, 0.2) is 152 Å². The average molecular weight is 614 g/mol. The lowest BCUT2D eigenvalue weighted by Crippen LogP contribution is -2.15. The van der Waals surface area contributed by atoms with Crippen molar-refractivity contribution >= 4 is 43.5 Å². The van der Waals surface area contributed by atoms with E-state index in [1.807, 2.05) is 12.1 Å². The summed E-state index contributed by atoms with van der Waals surface area (Å²) >= 11 is 0. The Kier molecular flexibility index (Phi) is 5.63. The van der Waals surface area contributed by atoms with Crippen molar-refractivity contribution in [1.82, 2.24) is 14.5 Å². The smallest absolute Gasteiger partial charge is 0.160 e. The number of hydrogen-bond donors (Lipinski definition) is 0. The third-order valence-corrected chi connectivity index (χ3v) is 10.4. The molecule has 0 unspecified atom stereocenters. The summed E-state index contributed by atoms with van der Waals surface area (Å²) in [5.74, 6) is 0.722. The second kappa shape index (κ2) is 9.97. The Bertz CT molecular complexity index is 2750. The van der Waals surface area contributed by atoms with E-state index in [0.717, 1.165) is 39.2 Å². The van der Waals surface area contributed by atoms with Gasteiger partial charge in [0.25, 0.3) is 0 Å². The molecule has 0 radical (unpaired) electrons. The van der Waals surface area contributed by atoms with Gasteiger partial charge >= 0.3 is 0 Å². The molecule has 10 rings (SSSR count). The van der Waals surface area contributed by atoms with Gasteiger partial charge in [-0.05, 0) is 69.4 Å². The predicted molar refractivity (Wildman–Crippen MR) is 200 cm³/mol. The minimum absolute atomic E-state index is 0.126. The molecule has 226 valence electrons. The van der Waals surface area contributed by atoms with Gasteiger partial charge in [0.1, 0.15) is 0 Å². The number of aromatic nitrogens is 3. The highest BCUT2D eigenvalue weighted by molar-refractivity contribution is 6.13. The van der Waals surface area contributed by atoms with Gasteiger partial charge in [0, 0.05) is 38.4 Å². The van der Waals surface area contributed by atoms with Crippen LogP contribution in [-0.2, 0) is 5.41 Å². The largest absolute Gasteiger partial charge is 0.309 e. The SMILES string of the molecule is CC1(C)c2cc3c(cc2-c2c1ccc1ccccc21)c1ccccc1n3-c1cccc(-c2nc(-c3ccccc3)c3ccccc3n2)c1. The molecule has 3 heteroatoms. The molecule has 0 amide bonds. The normalized spacial score (nSPS) is 13.4. The Hall–Kier alpha value is -6.06. The Morgan fingerprint density at radius 2 is 1.23 bits per heavy atom. The van der Waals surface area contributed by atoms with Gasteiger partial charge in [0.15, 0.2) is 5.82 Å². The lowest BCUT2D eigenvalue weighted by molar-refractivity contribution is 0.661. The first kappa shape index (κ1) is 27.1. The second-order valence-electron chi connectivity index (χ2n) is 13.4. The fraction of sp³-hybridized carbons (Fsp3) is 0.0667. The zero-order valence-corrected chi connectivity index (χ0v) is 26.8. The van der Waals surface area contributed by atoms with Crippen molar-refractivity contribution in [1.29, 1.82) is 0 Å². The van der Waals surface area contributed by atoms with E-state index in [1.165, 1.54) is 54.8 Å². The van der Waals surface area contributed by atoms with Crippen LogP contribution in [0.2, 0.25) is 0 Å². The van der Waals surface area contributed by atoms with Crippen LogP contribution in [0.4, 0.5) is 0 Å². The first-order chi connectivity index (χ1) is 23.6. The van der Waals surface area contributed by atoms with E-state index in [1.54, 1.807) is 0 Å². The Morgan fingerprint density at radius 3 is 2.10 bits per heavy atom.